The number of aromatic nitrogens is 1. The van der Waals surface area contributed by atoms with Gasteiger partial charge in [-0.25, -0.2) is 0 Å². The molecule has 20 heavy (non-hydrogen) atoms. The van der Waals surface area contributed by atoms with E-state index >= 15 is 0 Å². The lowest BCUT2D eigenvalue weighted by Crippen LogP contribution is -2.31. The highest BCUT2D eigenvalue weighted by Crippen LogP contribution is 2.31. The van der Waals surface area contributed by atoms with Crippen LogP contribution < -0.4 is 5.73 Å². The molecular weight excluding hydrogens is 250 g/mol. The normalized spacial score (nSPS) is 10.6. The van der Waals surface area contributed by atoms with Crippen molar-refractivity contribution in [1.82, 2.24) is 9.88 Å². The van der Waals surface area contributed by atoms with E-state index < -0.39 is 0 Å². The Kier molecular flexibility index (Phi) is 4.13. The van der Waals surface area contributed by atoms with Gasteiger partial charge in [0, 0.05) is 24.3 Å². The number of benzene rings is 1. The maximum atomic E-state index is 12.5. The average molecular weight is 271 g/mol. The van der Waals surface area contributed by atoms with Gasteiger partial charge in [0.05, 0.1) is 16.9 Å². The van der Waals surface area contributed by atoms with Crippen LogP contribution in [0.15, 0.2) is 30.3 Å². The van der Waals surface area contributed by atoms with Gasteiger partial charge in [-0.2, -0.15) is 0 Å². The maximum absolute atomic E-state index is 12.5. The van der Waals surface area contributed by atoms with Crippen LogP contribution in [-0.4, -0.2) is 28.9 Å². The number of aryl methyl sites for hydroxylation is 1. The van der Waals surface area contributed by atoms with Crippen molar-refractivity contribution in [3.8, 4) is 11.3 Å². The molecule has 0 saturated heterocycles. The first-order valence-electron chi connectivity index (χ1n) is 6.92. The van der Waals surface area contributed by atoms with Gasteiger partial charge >= 0.3 is 0 Å². The Bertz CT molecular complexity index is 598. The van der Waals surface area contributed by atoms with Crippen LogP contribution in [0.3, 0.4) is 0 Å². The third-order valence-electron chi connectivity index (χ3n) is 3.55. The molecule has 4 heteroatoms. The Morgan fingerprint density at radius 1 is 1.20 bits per heavy atom. The molecule has 2 aromatic rings. The van der Waals surface area contributed by atoms with E-state index in [1.807, 2.05) is 51.1 Å². The Hall–Kier alpha value is -2.23. The first-order chi connectivity index (χ1) is 9.60. The molecule has 0 bridgehead atoms. The summed E-state index contributed by atoms with van der Waals surface area (Å²) in [5.41, 5.74) is 9.96. The van der Waals surface area contributed by atoms with Gasteiger partial charge in [-0.05, 0) is 20.8 Å². The molecule has 0 aliphatic rings. The SMILES string of the molecule is CCN(CC)C(=O)c1c(C)[nH]c(-c2ccccc2)c1N. The minimum atomic E-state index is -0.0107. The molecule has 0 atom stereocenters. The minimum Gasteiger partial charge on any atom is -0.396 e. The van der Waals surface area contributed by atoms with Gasteiger partial charge in [0.1, 0.15) is 0 Å². The second-order valence-corrected chi connectivity index (χ2v) is 4.76. The molecular formula is C16H21N3O. The van der Waals surface area contributed by atoms with E-state index in [4.69, 9.17) is 5.73 Å². The van der Waals surface area contributed by atoms with Gasteiger partial charge in [0.2, 0.25) is 0 Å². The van der Waals surface area contributed by atoms with Crippen molar-refractivity contribution in [2.45, 2.75) is 20.8 Å². The summed E-state index contributed by atoms with van der Waals surface area (Å²) < 4.78 is 0. The lowest BCUT2D eigenvalue weighted by molar-refractivity contribution is 0.0773. The number of nitrogens with one attached hydrogen (secondary N) is 1. The number of hydrogen-bond acceptors (Lipinski definition) is 2. The quantitative estimate of drug-likeness (QED) is 0.897. The minimum absolute atomic E-state index is 0.0107. The van der Waals surface area contributed by atoms with Crippen LogP contribution in [0.1, 0.15) is 29.9 Å². The molecule has 0 radical (unpaired) electrons. The summed E-state index contributed by atoms with van der Waals surface area (Å²) in [5, 5.41) is 0. The van der Waals surface area contributed by atoms with Crippen LogP contribution in [0.5, 0.6) is 0 Å². The van der Waals surface area contributed by atoms with Crippen LogP contribution in [0.25, 0.3) is 11.3 Å². The lowest BCUT2D eigenvalue weighted by atomic mass is 10.1. The van der Waals surface area contributed by atoms with Crippen molar-refractivity contribution in [3.05, 3.63) is 41.6 Å². The number of amides is 1. The number of carbonyl (C=O) groups is 1. The fourth-order valence-corrected chi connectivity index (χ4v) is 2.42. The smallest absolute Gasteiger partial charge is 0.257 e. The van der Waals surface area contributed by atoms with Gasteiger partial charge < -0.3 is 15.6 Å². The number of nitrogens with zero attached hydrogens (tertiary/aromatic N) is 1. The van der Waals surface area contributed by atoms with Gasteiger partial charge in [0.15, 0.2) is 0 Å². The molecule has 4 nitrogen and oxygen atoms in total. The summed E-state index contributed by atoms with van der Waals surface area (Å²) >= 11 is 0. The topological polar surface area (TPSA) is 62.1 Å². The number of rotatable bonds is 4. The van der Waals surface area contributed by atoms with Crippen molar-refractivity contribution >= 4 is 11.6 Å². The highest BCUT2D eigenvalue weighted by Gasteiger charge is 2.22. The molecule has 1 amide bonds. The van der Waals surface area contributed by atoms with Gasteiger partial charge in [-0.1, -0.05) is 30.3 Å². The monoisotopic (exact) mass is 271 g/mol. The molecule has 3 N–H and O–H groups in total. The predicted octanol–water partition coefficient (Wildman–Crippen LogP) is 3.05. The van der Waals surface area contributed by atoms with Crippen molar-refractivity contribution in [2.75, 3.05) is 18.8 Å². The van der Waals surface area contributed by atoms with E-state index in [9.17, 15) is 4.79 Å². The summed E-state index contributed by atoms with van der Waals surface area (Å²) in [6.07, 6.45) is 0. The van der Waals surface area contributed by atoms with Gasteiger partial charge in [0.25, 0.3) is 5.91 Å². The van der Waals surface area contributed by atoms with E-state index in [1.165, 1.54) is 0 Å². The molecule has 0 aliphatic carbocycles. The Morgan fingerprint density at radius 3 is 2.35 bits per heavy atom. The van der Waals surface area contributed by atoms with Crippen molar-refractivity contribution in [3.63, 3.8) is 0 Å². The number of nitrogens with two attached hydrogens (primary N) is 1. The lowest BCUT2D eigenvalue weighted by Gasteiger charge is -2.18. The number of carbonyl (C=O) groups excluding carboxylic acids is 1. The molecule has 0 spiro atoms. The standard InChI is InChI=1S/C16H21N3O/c1-4-19(5-2)16(20)13-11(3)18-15(14(13)17)12-9-7-6-8-10-12/h6-10,18H,4-5,17H2,1-3H3. The fraction of sp³-hybridized carbons (Fsp3) is 0.312. The second-order valence-electron chi connectivity index (χ2n) is 4.76. The second kappa shape index (κ2) is 5.82. The largest absolute Gasteiger partial charge is 0.396 e. The highest BCUT2D eigenvalue weighted by molar-refractivity contribution is 6.03. The first-order valence-corrected chi connectivity index (χ1v) is 6.92. The number of anilines is 1. The molecule has 0 fully saturated rings. The van der Waals surface area contributed by atoms with Crippen LogP contribution in [0.4, 0.5) is 5.69 Å². The predicted molar refractivity (Wildman–Crippen MR) is 82.6 cm³/mol. The summed E-state index contributed by atoms with van der Waals surface area (Å²) in [7, 11) is 0. The van der Waals surface area contributed by atoms with Gasteiger partial charge in [-0.15, -0.1) is 0 Å². The number of H-pyrrole nitrogens is 1. The van der Waals surface area contributed by atoms with Crippen molar-refractivity contribution in [2.24, 2.45) is 0 Å². The van der Waals surface area contributed by atoms with Crippen LogP contribution in [0, 0.1) is 6.92 Å². The third-order valence-corrected chi connectivity index (χ3v) is 3.55. The zero-order valence-electron chi connectivity index (χ0n) is 12.2. The molecule has 2 rings (SSSR count). The fourth-order valence-electron chi connectivity index (χ4n) is 2.42. The number of hydrogen-bond donors (Lipinski definition) is 2. The third kappa shape index (κ3) is 2.41. The Balaban J connectivity index is 2.47. The van der Waals surface area contributed by atoms with Gasteiger partial charge in [-0.3, -0.25) is 4.79 Å². The number of aromatic amines is 1. The van der Waals surface area contributed by atoms with E-state index in [0.717, 1.165) is 17.0 Å². The summed E-state index contributed by atoms with van der Waals surface area (Å²) in [6.45, 7) is 7.19. The molecule has 1 aromatic carbocycles. The van der Waals surface area contributed by atoms with E-state index in [2.05, 4.69) is 4.98 Å². The molecule has 1 heterocycles. The molecule has 106 valence electrons. The van der Waals surface area contributed by atoms with E-state index in [0.29, 0.717) is 24.3 Å². The van der Waals surface area contributed by atoms with Crippen LogP contribution >= 0.6 is 0 Å². The van der Waals surface area contributed by atoms with Crippen molar-refractivity contribution < 1.29 is 4.79 Å². The zero-order valence-corrected chi connectivity index (χ0v) is 12.2. The van der Waals surface area contributed by atoms with E-state index in [-0.39, 0.29) is 5.91 Å². The Labute approximate surface area is 119 Å². The highest BCUT2D eigenvalue weighted by atomic mass is 16.2. The summed E-state index contributed by atoms with van der Waals surface area (Å²) in [6, 6.07) is 9.83. The molecule has 1 aromatic heterocycles. The molecule has 0 aliphatic heterocycles. The Morgan fingerprint density at radius 2 is 1.80 bits per heavy atom. The van der Waals surface area contributed by atoms with Crippen LogP contribution in [-0.2, 0) is 0 Å². The number of nitrogen functional groups attached to an aromatic ring is 1. The molecule has 0 unspecified atom stereocenters. The maximum Gasteiger partial charge on any atom is 0.257 e. The summed E-state index contributed by atoms with van der Waals surface area (Å²) in [4.78, 5) is 17.5. The zero-order chi connectivity index (χ0) is 14.7. The van der Waals surface area contributed by atoms with E-state index in [1.54, 1.807) is 4.90 Å². The molecule has 0 saturated carbocycles. The van der Waals surface area contributed by atoms with Crippen molar-refractivity contribution in [1.29, 1.82) is 0 Å². The summed E-state index contributed by atoms with van der Waals surface area (Å²) in [5.74, 6) is -0.0107. The average Bonchev–Trinajstić information content (AvgIpc) is 2.76. The van der Waals surface area contributed by atoms with Crippen LogP contribution in [0.2, 0.25) is 0 Å². The first kappa shape index (κ1) is 14.2.